The Morgan fingerprint density at radius 1 is 1.50 bits per heavy atom. The zero-order valence-electron chi connectivity index (χ0n) is 8.87. The number of ether oxygens (including phenoxy) is 1. The number of nitrogens with one attached hydrogen (secondary N) is 1. The fraction of sp³-hybridized carbons (Fsp3) is 0.600. The van der Waals surface area contributed by atoms with Crippen LogP contribution < -0.4 is 5.32 Å². The van der Waals surface area contributed by atoms with Crippen LogP contribution in [0.2, 0.25) is 0 Å². The van der Waals surface area contributed by atoms with E-state index in [4.69, 9.17) is 4.74 Å². The van der Waals surface area contributed by atoms with Crippen LogP contribution in [0.1, 0.15) is 20.8 Å². The molecule has 1 N–H and O–H groups in total. The number of esters is 1. The molecule has 0 aromatic heterocycles. The first-order valence-electron chi connectivity index (χ1n) is 4.53. The molecule has 0 bridgehead atoms. The van der Waals surface area contributed by atoms with Gasteiger partial charge in [0.2, 0.25) is 5.91 Å². The summed E-state index contributed by atoms with van der Waals surface area (Å²) in [5.41, 5.74) is 0. The van der Waals surface area contributed by atoms with Gasteiger partial charge in [-0.25, -0.2) is 4.79 Å². The number of amides is 1. The maximum absolute atomic E-state index is 10.7. The van der Waals surface area contributed by atoms with Gasteiger partial charge in [0.05, 0.1) is 6.61 Å². The van der Waals surface area contributed by atoms with Crippen molar-refractivity contribution in [2.45, 2.75) is 26.8 Å². The minimum absolute atomic E-state index is 0.00915. The third-order valence-electron chi connectivity index (χ3n) is 1.94. The maximum atomic E-state index is 10.7. The van der Waals surface area contributed by atoms with E-state index in [0.29, 0.717) is 0 Å². The van der Waals surface area contributed by atoms with Gasteiger partial charge >= 0.3 is 5.97 Å². The molecule has 14 heavy (non-hydrogen) atoms. The van der Waals surface area contributed by atoms with Gasteiger partial charge in [-0.2, -0.15) is 0 Å². The van der Waals surface area contributed by atoms with Crippen molar-refractivity contribution < 1.29 is 14.3 Å². The molecule has 0 aromatic carbocycles. The molecular formula is C10H17NO3. The van der Waals surface area contributed by atoms with Gasteiger partial charge in [0, 0.05) is 25.0 Å². The van der Waals surface area contributed by atoms with Crippen LogP contribution >= 0.6 is 0 Å². The molecule has 0 rings (SSSR count). The summed E-state index contributed by atoms with van der Waals surface area (Å²) < 4.78 is 4.85. The molecule has 0 spiro atoms. The van der Waals surface area contributed by atoms with Gasteiger partial charge in [-0.1, -0.05) is 13.5 Å². The van der Waals surface area contributed by atoms with Gasteiger partial charge in [0.15, 0.2) is 0 Å². The molecule has 0 saturated heterocycles. The Morgan fingerprint density at radius 3 is 2.50 bits per heavy atom. The van der Waals surface area contributed by atoms with Gasteiger partial charge in [-0.3, -0.25) is 4.79 Å². The number of hydrogen-bond donors (Lipinski definition) is 1. The van der Waals surface area contributed by atoms with E-state index in [0.717, 1.165) is 6.08 Å². The van der Waals surface area contributed by atoms with Crippen LogP contribution in [0.25, 0.3) is 0 Å². The summed E-state index contributed by atoms with van der Waals surface area (Å²) in [6, 6.07) is -0.00915. The maximum Gasteiger partial charge on any atom is 0.330 e. The molecule has 4 heteroatoms. The van der Waals surface area contributed by atoms with Crippen molar-refractivity contribution >= 4 is 11.9 Å². The summed E-state index contributed by atoms with van der Waals surface area (Å²) in [6.07, 6.45) is 1.12. The normalized spacial score (nSPS) is 13.9. The van der Waals surface area contributed by atoms with Crippen LogP contribution in [0.3, 0.4) is 0 Å². The van der Waals surface area contributed by atoms with Crippen molar-refractivity contribution in [3.05, 3.63) is 12.7 Å². The first kappa shape index (κ1) is 12.7. The van der Waals surface area contributed by atoms with E-state index < -0.39 is 5.97 Å². The molecular weight excluding hydrogens is 182 g/mol. The average molecular weight is 199 g/mol. The Bertz CT molecular complexity index is 225. The third kappa shape index (κ3) is 5.35. The van der Waals surface area contributed by atoms with E-state index in [1.165, 1.54) is 6.92 Å². The first-order chi connectivity index (χ1) is 6.47. The van der Waals surface area contributed by atoms with E-state index in [9.17, 15) is 9.59 Å². The highest BCUT2D eigenvalue weighted by atomic mass is 16.5. The van der Waals surface area contributed by atoms with Crippen molar-refractivity contribution in [3.63, 3.8) is 0 Å². The Labute approximate surface area is 84.3 Å². The van der Waals surface area contributed by atoms with Gasteiger partial charge in [0.25, 0.3) is 0 Å². The molecule has 2 atom stereocenters. The third-order valence-corrected chi connectivity index (χ3v) is 1.94. The Hall–Kier alpha value is -1.32. The van der Waals surface area contributed by atoms with E-state index >= 15 is 0 Å². The van der Waals surface area contributed by atoms with Crippen molar-refractivity contribution in [2.75, 3.05) is 6.61 Å². The van der Waals surface area contributed by atoms with E-state index in [-0.39, 0.29) is 24.5 Å². The minimum Gasteiger partial charge on any atom is -0.462 e. The highest BCUT2D eigenvalue weighted by Gasteiger charge is 2.14. The lowest BCUT2D eigenvalue weighted by molar-refractivity contribution is -0.139. The van der Waals surface area contributed by atoms with Gasteiger partial charge < -0.3 is 10.1 Å². The minimum atomic E-state index is -0.438. The number of carbonyl (C=O) groups is 2. The Morgan fingerprint density at radius 2 is 2.07 bits per heavy atom. The summed E-state index contributed by atoms with van der Waals surface area (Å²) >= 11 is 0. The van der Waals surface area contributed by atoms with Gasteiger partial charge in [-0.05, 0) is 6.92 Å². The fourth-order valence-corrected chi connectivity index (χ4v) is 0.880. The van der Waals surface area contributed by atoms with Crippen LogP contribution in [0.15, 0.2) is 12.7 Å². The van der Waals surface area contributed by atoms with Crippen molar-refractivity contribution in [1.29, 1.82) is 0 Å². The van der Waals surface area contributed by atoms with Crippen LogP contribution in [-0.2, 0) is 14.3 Å². The lowest BCUT2D eigenvalue weighted by atomic mass is 10.1. The van der Waals surface area contributed by atoms with E-state index in [1.54, 1.807) is 0 Å². The molecule has 0 radical (unpaired) electrons. The molecule has 2 unspecified atom stereocenters. The molecule has 4 nitrogen and oxygen atoms in total. The summed E-state index contributed by atoms with van der Waals surface area (Å²) in [6.45, 7) is 8.80. The quantitative estimate of drug-likeness (QED) is 0.528. The molecule has 80 valence electrons. The zero-order valence-corrected chi connectivity index (χ0v) is 8.87. The topological polar surface area (TPSA) is 55.4 Å². The molecule has 0 heterocycles. The average Bonchev–Trinajstić information content (AvgIpc) is 2.12. The molecule has 0 aliphatic rings. The number of rotatable bonds is 5. The largest absolute Gasteiger partial charge is 0.462 e. The smallest absolute Gasteiger partial charge is 0.330 e. The highest BCUT2D eigenvalue weighted by Crippen LogP contribution is 2.03. The van der Waals surface area contributed by atoms with Crippen LogP contribution in [0, 0.1) is 5.92 Å². The fourth-order valence-electron chi connectivity index (χ4n) is 0.880. The second-order valence-electron chi connectivity index (χ2n) is 3.30. The number of hydrogen-bond acceptors (Lipinski definition) is 3. The van der Waals surface area contributed by atoms with E-state index in [1.807, 2.05) is 13.8 Å². The summed E-state index contributed by atoms with van der Waals surface area (Å²) in [4.78, 5) is 21.5. The highest BCUT2D eigenvalue weighted by molar-refractivity contribution is 5.81. The predicted octanol–water partition coefficient (Wildman–Crippen LogP) is 0.876. The standard InChI is InChI=1S/C10H17NO3/c1-5-10(13)14-6-7(2)8(3)11-9(4)12/h5,7-8H,1,6H2,2-4H3,(H,11,12). The molecule has 0 aromatic rings. The molecule has 0 aliphatic carbocycles. The molecule has 1 amide bonds. The van der Waals surface area contributed by atoms with Crippen LogP contribution in [-0.4, -0.2) is 24.5 Å². The predicted molar refractivity (Wildman–Crippen MR) is 53.6 cm³/mol. The van der Waals surface area contributed by atoms with Gasteiger partial charge in [0.1, 0.15) is 0 Å². The summed E-state index contributed by atoms with van der Waals surface area (Å²) in [5, 5.41) is 2.73. The summed E-state index contributed by atoms with van der Waals surface area (Å²) in [5.74, 6) is -0.436. The summed E-state index contributed by atoms with van der Waals surface area (Å²) in [7, 11) is 0. The van der Waals surface area contributed by atoms with Crippen LogP contribution in [0.5, 0.6) is 0 Å². The lowest BCUT2D eigenvalue weighted by Crippen LogP contribution is -2.37. The van der Waals surface area contributed by atoms with Crippen molar-refractivity contribution in [3.8, 4) is 0 Å². The second-order valence-corrected chi connectivity index (χ2v) is 3.30. The monoisotopic (exact) mass is 199 g/mol. The van der Waals surface area contributed by atoms with E-state index in [2.05, 4.69) is 11.9 Å². The molecule has 0 fully saturated rings. The van der Waals surface area contributed by atoms with Gasteiger partial charge in [-0.15, -0.1) is 0 Å². The van der Waals surface area contributed by atoms with Crippen molar-refractivity contribution in [1.82, 2.24) is 5.32 Å². The second kappa shape index (κ2) is 6.18. The molecule has 0 aliphatic heterocycles. The SMILES string of the molecule is C=CC(=O)OCC(C)C(C)NC(C)=O. The first-order valence-corrected chi connectivity index (χ1v) is 4.53. The van der Waals surface area contributed by atoms with Crippen molar-refractivity contribution in [2.24, 2.45) is 5.92 Å². The van der Waals surface area contributed by atoms with Crippen LogP contribution in [0.4, 0.5) is 0 Å². The Kier molecular flexibility index (Phi) is 5.60. The zero-order chi connectivity index (χ0) is 11.1. The Balaban J connectivity index is 3.82. The lowest BCUT2D eigenvalue weighted by Gasteiger charge is -2.19. The number of carbonyl (C=O) groups excluding carboxylic acids is 2. The molecule has 0 saturated carbocycles.